The summed E-state index contributed by atoms with van der Waals surface area (Å²) in [6.07, 6.45) is 5.52. The molecule has 1 N–H and O–H groups in total. The first-order chi connectivity index (χ1) is 17.3. The van der Waals surface area contributed by atoms with Gasteiger partial charge in [0, 0.05) is 11.6 Å². The highest BCUT2D eigenvalue weighted by Gasteiger charge is 2.36. The Hall–Kier alpha value is -4.07. The van der Waals surface area contributed by atoms with Crippen LogP contribution in [0.4, 0.5) is 0 Å². The predicted octanol–water partition coefficient (Wildman–Crippen LogP) is 5.18. The Bertz CT molecular complexity index is 1260. The Morgan fingerprint density at radius 2 is 1.86 bits per heavy atom. The van der Waals surface area contributed by atoms with Crippen LogP contribution < -0.4 is 14.8 Å². The molecule has 2 aromatic carbocycles. The van der Waals surface area contributed by atoms with E-state index < -0.39 is 0 Å². The molecular weight excluding hydrogens is 456 g/mol. The molecule has 0 bridgehead atoms. The number of carbonyl (C=O) groups excluding carboxylic acids is 1. The van der Waals surface area contributed by atoms with Crippen molar-refractivity contribution in [1.82, 2.24) is 20.1 Å². The molecule has 4 rings (SSSR count). The maximum Gasteiger partial charge on any atom is 0.255 e. The molecule has 2 atom stereocenters. The number of amides is 1. The van der Waals surface area contributed by atoms with Crippen molar-refractivity contribution in [2.75, 3.05) is 14.2 Å². The van der Waals surface area contributed by atoms with Crippen molar-refractivity contribution in [3.63, 3.8) is 0 Å². The van der Waals surface area contributed by atoms with Crippen LogP contribution in [0.1, 0.15) is 42.7 Å². The number of ether oxygens (including phenoxy) is 2. The molecule has 0 saturated heterocycles. The zero-order valence-electron chi connectivity index (χ0n) is 21.3. The van der Waals surface area contributed by atoms with Gasteiger partial charge in [-0.25, -0.2) is 9.67 Å². The highest BCUT2D eigenvalue weighted by Crippen LogP contribution is 2.32. The molecule has 8 nitrogen and oxygen atoms in total. The number of nitrogens with one attached hydrogen (secondary N) is 1. The Balaban J connectivity index is 1.64. The maximum atomic E-state index is 13.5. The molecule has 8 heteroatoms. The molecule has 0 aliphatic rings. The van der Waals surface area contributed by atoms with Crippen molar-refractivity contribution in [1.29, 1.82) is 0 Å². The third kappa shape index (κ3) is 5.59. The summed E-state index contributed by atoms with van der Waals surface area (Å²) in [5, 5.41) is 7.70. The van der Waals surface area contributed by atoms with Crippen molar-refractivity contribution in [3.8, 4) is 22.8 Å². The topological polar surface area (TPSA) is 91.4 Å². The number of methoxy groups -OCH3 is 2. The van der Waals surface area contributed by atoms with Gasteiger partial charge in [-0.05, 0) is 41.7 Å². The average Bonchev–Trinajstić information content (AvgIpc) is 3.60. The van der Waals surface area contributed by atoms with Gasteiger partial charge < -0.3 is 19.2 Å². The van der Waals surface area contributed by atoms with Crippen LogP contribution in [0.25, 0.3) is 11.3 Å². The van der Waals surface area contributed by atoms with E-state index in [-0.39, 0.29) is 23.4 Å². The maximum absolute atomic E-state index is 13.5. The number of rotatable bonds is 9. The van der Waals surface area contributed by atoms with Crippen LogP contribution in [0.2, 0.25) is 0 Å². The molecule has 0 fully saturated rings. The highest BCUT2D eigenvalue weighted by molar-refractivity contribution is 5.97. The summed E-state index contributed by atoms with van der Waals surface area (Å²) >= 11 is 0. The lowest BCUT2D eigenvalue weighted by Gasteiger charge is -2.38. The minimum atomic E-state index is -0.292. The molecule has 36 heavy (non-hydrogen) atoms. The number of benzene rings is 2. The monoisotopic (exact) mass is 488 g/mol. The average molecular weight is 489 g/mol. The van der Waals surface area contributed by atoms with E-state index in [0.717, 1.165) is 16.9 Å². The zero-order chi connectivity index (χ0) is 25.7. The fourth-order valence-corrected chi connectivity index (χ4v) is 4.34. The lowest BCUT2D eigenvalue weighted by Crippen LogP contribution is -2.50. The van der Waals surface area contributed by atoms with E-state index in [1.165, 1.54) is 13.4 Å². The smallest absolute Gasteiger partial charge is 0.255 e. The van der Waals surface area contributed by atoms with Crippen LogP contribution in [0.5, 0.6) is 11.5 Å². The molecule has 188 valence electrons. The summed E-state index contributed by atoms with van der Waals surface area (Å²) in [5.74, 6) is 1.66. The third-order valence-corrected chi connectivity index (χ3v) is 6.24. The second kappa shape index (κ2) is 10.7. The fraction of sp³-hybridized carbons (Fsp3) is 0.321. The molecule has 2 unspecified atom stereocenters. The largest absolute Gasteiger partial charge is 0.497 e. The van der Waals surface area contributed by atoms with E-state index in [1.54, 1.807) is 37.9 Å². The summed E-state index contributed by atoms with van der Waals surface area (Å²) in [6, 6.07) is 16.8. The number of hydrogen-bond donors (Lipinski definition) is 1. The number of nitrogens with zero attached hydrogens (tertiary/aromatic N) is 3. The molecule has 0 spiro atoms. The van der Waals surface area contributed by atoms with Crippen LogP contribution in [-0.4, -0.2) is 40.9 Å². The Morgan fingerprint density at radius 3 is 2.44 bits per heavy atom. The first-order valence-corrected chi connectivity index (χ1v) is 11.8. The van der Waals surface area contributed by atoms with Gasteiger partial charge in [-0.15, -0.1) is 0 Å². The fourth-order valence-electron chi connectivity index (χ4n) is 4.34. The van der Waals surface area contributed by atoms with E-state index >= 15 is 0 Å². The zero-order valence-corrected chi connectivity index (χ0v) is 21.3. The summed E-state index contributed by atoms with van der Waals surface area (Å²) in [6.45, 7) is 6.31. The first-order valence-electron chi connectivity index (χ1n) is 11.8. The summed E-state index contributed by atoms with van der Waals surface area (Å²) in [5.41, 5.74) is 2.26. The van der Waals surface area contributed by atoms with Gasteiger partial charge in [-0.1, -0.05) is 45.0 Å². The SMILES string of the molecule is COc1ccc(C(=O)NC(C(Cc2ccc(-c3ccco3)cc2)n2cncn2)C(C)(C)C)c(OC)c1. The van der Waals surface area contributed by atoms with E-state index in [1.807, 2.05) is 28.9 Å². The lowest BCUT2D eigenvalue weighted by molar-refractivity contribution is 0.0854. The third-order valence-electron chi connectivity index (χ3n) is 6.24. The summed E-state index contributed by atoms with van der Waals surface area (Å²) in [7, 11) is 3.12. The second-order valence-corrected chi connectivity index (χ2v) is 9.70. The van der Waals surface area contributed by atoms with Crippen LogP contribution in [-0.2, 0) is 6.42 Å². The van der Waals surface area contributed by atoms with Gasteiger partial charge in [-0.2, -0.15) is 5.10 Å². The normalized spacial score (nSPS) is 13.1. The number of furan rings is 1. The molecule has 2 aromatic heterocycles. The highest BCUT2D eigenvalue weighted by atomic mass is 16.5. The van der Waals surface area contributed by atoms with Crippen molar-refractivity contribution < 1.29 is 18.7 Å². The van der Waals surface area contributed by atoms with Crippen molar-refractivity contribution >= 4 is 5.91 Å². The lowest BCUT2D eigenvalue weighted by atomic mass is 9.80. The minimum absolute atomic E-state index is 0.185. The van der Waals surface area contributed by atoms with E-state index in [9.17, 15) is 4.79 Å². The van der Waals surface area contributed by atoms with Crippen molar-refractivity contribution in [2.24, 2.45) is 5.41 Å². The van der Waals surface area contributed by atoms with Gasteiger partial charge in [0.15, 0.2) is 0 Å². The molecule has 0 radical (unpaired) electrons. The quantitative estimate of drug-likeness (QED) is 0.349. The van der Waals surface area contributed by atoms with Gasteiger partial charge in [0.1, 0.15) is 29.9 Å². The van der Waals surface area contributed by atoms with Gasteiger partial charge in [-0.3, -0.25) is 4.79 Å². The molecule has 4 aromatic rings. The van der Waals surface area contributed by atoms with Crippen LogP contribution >= 0.6 is 0 Å². The molecule has 0 aliphatic carbocycles. The Morgan fingerprint density at radius 1 is 1.08 bits per heavy atom. The van der Waals surface area contributed by atoms with Crippen LogP contribution in [0.3, 0.4) is 0 Å². The van der Waals surface area contributed by atoms with Crippen molar-refractivity contribution in [3.05, 3.63) is 84.6 Å². The second-order valence-electron chi connectivity index (χ2n) is 9.70. The van der Waals surface area contributed by atoms with E-state index in [0.29, 0.717) is 23.5 Å². The van der Waals surface area contributed by atoms with Crippen molar-refractivity contribution in [2.45, 2.75) is 39.3 Å². The Kier molecular flexibility index (Phi) is 7.43. The molecule has 0 aliphatic heterocycles. The van der Waals surface area contributed by atoms with Gasteiger partial charge >= 0.3 is 0 Å². The predicted molar refractivity (Wildman–Crippen MR) is 137 cm³/mol. The number of hydrogen-bond acceptors (Lipinski definition) is 6. The molecule has 1 amide bonds. The minimum Gasteiger partial charge on any atom is -0.497 e. The van der Waals surface area contributed by atoms with E-state index in [2.05, 4.69) is 48.3 Å². The van der Waals surface area contributed by atoms with Gasteiger partial charge in [0.2, 0.25) is 0 Å². The van der Waals surface area contributed by atoms with Crippen LogP contribution in [0.15, 0.2) is 77.9 Å². The number of carbonyl (C=O) groups is 1. The first kappa shape index (κ1) is 25.0. The summed E-state index contributed by atoms with van der Waals surface area (Å²) < 4.78 is 18.1. The van der Waals surface area contributed by atoms with Crippen LogP contribution in [0, 0.1) is 5.41 Å². The summed E-state index contributed by atoms with van der Waals surface area (Å²) in [4.78, 5) is 17.7. The molecule has 2 heterocycles. The Labute approximate surface area is 211 Å². The number of aromatic nitrogens is 3. The van der Waals surface area contributed by atoms with Gasteiger partial charge in [0.25, 0.3) is 5.91 Å². The van der Waals surface area contributed by atoms with E-state index in [4.69, 9.17) is 13.9 Å². The standard InChI is InChI=1S/C28H32N4O4/c1-28(2,3)26(31-27(33)22-13-12-21(34-4)16-25(22)35-5)23(32-18-29-17-30-32)15-19-8-10-20(11-9-19)24-7-6-14-36-24/h6-14,16-18,23,26H,15H2,1-5H3,(H,31,33). The molecular formula is C28H32N4O4. The van der Waals surface area contributed by atoms with Gasteiger partial charge in [0.05, 0.1) is 38.1 Å². The molecule has 0 saturated carbocycles.